The van der Waals surface area contributed by atoms with Gasteiger partial charge in [0.05, 0.1) is 18.4 Å². The van der Waals surface area contributed by atoms with Crippen molar-refractivity contribution in [1.82, 2.24) is 15.5 Å². The van der Waals surface area contributed by atoms with Gasteiger partial charge >= 0.3 is 6.09 Å². The van der Waals surface area contributed by atoms with Gasteiger partial charge in [-0.25, -0.2) is 18.7 Å². The van der Waals surface area contributed by atoms with Crippen LogP contribution in [0.5, 0.6) is 0 Å². The number of alkyl carbamates (subject to hydrolysis) is 1. The Hall–Kier alpha value is -1.90. The van der Waals surface area contributed by atoms with Crippen LogP contribution in [0.1, 0.15) is 25.7 Å². The van der Waals surface area contributed by atoms with Crippen LogP contribution in [0.2, 0.25) is 5.02 Å². The quantitative estimate of drug-likeness (QED) is 0.840. The zero-order valence-corrected chi connectivity index (χ0v) is 14.1. The second-order valence-electron chi connectivity index (χ2n) is 6.34. The molecule has 10 heteroatoms. The molecular weight excluding hydrogens is 358 g/mol. The minimum absolute atomic E-state index is 0.0332. The Morgan fingerprint density at radius 1 is 1.44 bits per heavy atom. The summed E-state index contributed by atoms with van der Waals surface area (Å²) in [6, 6.07) is -0.545. The Morgan fingerprint density at radius 3 is 3.00 bits per heavy atom. The molecule has 1 saturated carbocycles. The summed E-state index contributed by atoms with van der Waals surface area (Å²) in [5.41, 5.74) is -0.00830. The maximum Gasteiger partial charge on any atom is 0.407 e. The number of hydrogen-bond acceptors (Lipinski definition) is 5. The van der Waals surface area contributed by atoms with Gasteiger partial charge in [0.15, 0.2) is 0 Å². The lowest BCUT2D eigenvalue weighted by Crippen LogP contribution is -2.41. The minimum atomic E-state index is -2.44. The summed E-state index contributed by atoms with van der Waals surface area (Å²) in [6.45, 7) is 0.910. The number of alkyl halides is 2. The fraction of sp³-hybridized carbons (Fsp3) is 0.667. The number of halogens is 3. The number of carbonyl (C=O) groups is 1. The molecule has 1 aliphatic carbocycles. The molecule has 2 fully saturated rings. The van der Waals surface area contributed by atoms with E-state index in [1.807, 2.05) is 0 Å². The summed E-state index contributed by atoms with van der Waals surface area (Å²) in [5.74, 6) is -0.812. The van der Waals surface area contributed by atoms with E-state index in [-0.39, 0.29) is 5.02 Å². The lowest BCUT2D eigenvalue weighted by atomic mass is 10.1. The van der Waals surface area contributed by atoms with E-state index in [1.165, 1.54) is 6.20 Å². The van der Waals surface area contributed by atoms with Gasteiger partial charge in [0.2, 0.25) is 6.43 Å². The van der Waals surface area contributed by atoms with E-state index in [9.17, 15) is 18.4 Å². The average Bonchev–Trinajstić information content (AvgIpc) is 3.19. The van der Waals surface area contributed by atoms with Crippen molar-refractivity contribution in [3.8, 4) is 0 Å². The molecule has 0 radical (unpaired) electrons. The maximum atomic E-state index is 12.9. The van der Waals surface area contributed by atoms with Crippen LogP contribution in [0, 0.1) is 5.92 Å². The lowest BCUT2D eigenvalue weighted by Gasteiger charge is -2.22. The summed E-state index contributed by atoms with van der Waals surface area (Å²) in [6.07, 6.45) is 0.0905. The van der Waals surface area contributed by atoms with Gasteiger partial charge in [0.1, 0.15) is 11.1 Å². The van der Waals surface area contributed by atoms with Crippen LogP contribution in [0.4, 0.5) is 19.3 Å². The number of ether oxygens (including phenoxy) is 1. The standard InChI is InChI=1S/C15H19ClF2N4O3/c16-12-11(6-19-21-14(12)23)22-5-4-8(7-22)25-15(24)20-10-3-1-2-9(10)13(17)18/h6,8-10,13H,1-5,7H2,(H,20,24)(H,21,23)/t8-,9?,10-/m1/s1. The number of hydrogen-bond donors (Lipinski definition) is 2. The number of carbonyl (C=O) groups excluding carboxylic acids is 1. The van der Waals surface area contributed by atoms with Gasteiger partial charge in [-0.1, -0.05) is 18.0 Å². The Balaban J connectivity index is 1.54. The summed E-state index contributed by atoms with van der Waals surface area (Å²) in [4.78, 5) is 25.3. The van der Waals surface area contributed by atoms with Gasteiger partial charge in [0.25, 0.3) is 5.56 Å². The molecule has 0 bridgehead atoms. The number of amides is 1. The molecule has 2 N–H and O–H groups in total. The van der Waals surface area contributed by atoms with E-state index in [0.717, 1.165) is 0 Å². The van der Waals surface area contributed by atoms with Crippen molar-refractivity contribution in [1.29, 1.82) is 0 Å². The van der Waals surface area contributed by atoms with Gasteiger partial charge in [-0.2, -0.15) is 5.10 Å². The molecule has 3 rings (SSSR count). The molecule has 3 atom stereocenters. The summed E-state index contributed by atoms with van der Waals surface area (Å²) >= 11 is 5.97. The molecule has 1 amide bonds. The first-order valence-electron chi connectivity index (χ1n) is 8.19. The largest absolute Gasteiger partial charge is 0.444 e. The fourth-order valence-electron chi connectivity index (χ4n) is 3.44. The fourth-order valence-corrected chi connectivity index (χ4v) is 3.65. The van der Waals surface area contributed by atoms with E-state index >= 15 is 0 Å². The predicted molar refractivity (Wildman–Crippen MR) is 87.2 cm³/mol. The van der Waals surface area contributed by atoms with Gasteiger partial charge in [0, 0.05) is 24.9 Å². The monoisotopic (exact) mass is 376 g/mol. The van der Waals surface area contributed by atoms with Crippen LogP contribution in [0.25, 0.3) is 0 Å². The van der Waals surface area contributed by atoms with Gasteiger partial charge < -0.3 is 15.0 Å². The Kier molecular flexibility index (Phi) is 5.41. The van der Waals surface area contributed by atoms with E-state index in [4.69, 9.17) is 16.3 Å². The number of nitrogens with one attached hydrogen (secondary N) is 2. The first kappa shape index (κ1) is 17.9. The molecule has 1 aliphatic heterocycles. The third-order valence-electron chi connectivity index (χ3n) is 4.73. The summed E-state index contributed by atoms with van der Waals surface area (Å²) in [5, 5.41) is 8.55. The lowest BCUT2D eigenvalue weighted by molar-refractivity contribution is 0.0593. The highest BCUT2D eigenvalue weighted by Crippen LogP contribution is 2.31. The van der Waals surface area contributed by atoms with Gasteiger partial charge in [-0.05, 0) is 12.8 Å². The van der Waals surface area contributed by atoms with E-state index in [2.05, 4.69) is 15.5 Å². The van der Waals surface area contributed by atoms with Crippen LogP contribution >= 0.6 is 11.6 Å². The van der Waals surface area contributed by atoms with Crippen molar-refractivity contribution in [3.05, 3.63) is 21.6 Å². The normalized spacial score (nSPS) is 26.2. The van der Waals surface area contributed by atoms with Crippen LogP contribution in [-0.2, 0) is 4.74 Å². The highest BCUT2D eigenvalue weighted by Gasteiger charge is 2.36. The molecule has 1 unspecified atom stereocenters. The highest BCUT2D eigenvalue weighted by atomic mass is 35.5. The highest BCUT2D eigenvalue weighted by molar-refractivity contribution is 6.33. The second kappa shape index (κ2) is 7.55. The molecule has 0 aromatic carbocycles. The maximum absolute atomic E-state index is 12.9. The van der Waals surface area contributed by atoms with Crippen molar-refractivity contribution < 1.29 is 18.3 Å². The average molecular weight is 377 g/mol. The topological polar surface area (TPSA) is 87.3 Å². The summed E-state index contributed by atoms with van der Waals surface area (Å²) in [7, 11) is 0. The van der Waals surface area contributed by atoms with Crippen molar-refractivity contribution >= 4 is 23.4 Å². The SMILES string of the molecule is O=C(N[C@@H]1CCCC1C(F)F)O[C@@H]1CCN(c2cn[nH]c(=O)c2Cl)C1. The Morgan fingerprint density at radius 2 is 2.24 bits per heavy atom. The number of rotatable bonds is 4. The number of aromatic amines is 1. The number of anilines is 1. The van der Waals surface area contributed by atoms with Crippen LogP contribution < -0.4 is 15.8 Å². The molecule has 1 aromatic rings. The third kappa shape index (κ3) is 4.02. The molecule has 25 heavy (non-hydrogen) atoms. The Bertz CT molecular complexity index is 687. The van der Waals surface area contributed by atoms with Crippen LogP contribution in [-0.4, -0.2) is 48.0 Å². The smallest absolute Gasteiger partial charge is 0.407 e. The Labute approximate surface area is 147 Å². The van der Waals surface area contributed by atoms with Crippen LogP contribution in [0.3, 0.4) is 0 Å². The first-order valence-corrected chi connectivity index (χ1v) is 8.57. The van der Waals surface area contributed by atoms with Crippen molar-refractivity contribution in [3.63, 3.8) is 0 Å². The zero-order chi connectivity index (χ0) is 18.0. The number of aromatic nitrogens is 2. The third-order valence-corrected chi connectivity index (χ3v) is 5.10. The molecular formula is C15H19ClF2N4O3. The molecule has 2 aliphatic rings. The zero-order valence-electron chi connectivity index (χ0n) is 13.4. The molecule has 2 heterocycles. The molecule has 0 spiro atoms. The van der Waals surface area contributed by atoms with Crippen molar-refractivity contribution in [2.75, 3.05) is 18.0 Å². The predicted octanol–water partition coefficient (Wildman–Crippen LogP) is 2.16. The number of nitrogens with zero attached hydrogens (tertiary/aromatic N) is 2. The minimum Gasteiger partial charge on any atom is -0.444 e. The second-order valence-corrected chi connectivity index (χ2v) is 6.72. The van der Waals surface area contributed by atoms with Crippen molar-refractivity contribution in [2.24, 2.45) is 5.92 Å². The number of H-pyrrole nitrogens is 1. The molecule has 1 saturated heterocycles. The van der Waals surface area contributed by atoms with E-state index in [0.29, 0.717) is 44.5 Å². The molecule has 7 nitrogen and oxygen atoms in total. The first-order chi connectivity index (χ1) is 12.0. The molecule has 1 aromatic heterocycles. The van der Waals surface area contributed by atoms with Crippen molar-refractivity contribution in [2.45, 2.75) is 44.3 Å². The van der Waals surface area contributed by atoms with E-state index in [1.54, 1.807) is 4.90 Å². The molecule has 138 valence electrons. The van der Waals surface area contributed by atoms with Gasteiger partial charge in [-0.15, -0.1) is 0 Å². The van der Waals surface area contributed by atoms with Crippen LogP contribution in [0.15, 0.2) is 11.0 Å². The van der Waals surface area contributed by atoms with E-state index < -0.39 is 36.1 Å². The summed E-state index contributed by atoms with van der Waals surface area (Å²) < 4.78 is 31.2. The van der Waals surface area contributed by atoms with Gasteiger partial charge in [-0.3, -0.25) is 4.79 Å².